The van der Waals surface area contributed by atoms with Crippen LogP contribution in [-0.4, -0.2) is 67.8 Å². The van der Waals surface area contributed by atoms with Crippen LogP contribution in [0.4, 0.5) is 5.13 Å². The van der Waals surface area contributed by atoms with Crippen LogP contribution in [0.2, 0.25) is 0 Å². The molecule has 2 rings (SSSR count). The molecule has 0 radical (unpaired) electrons. The van der Waals surface area contributed by atoms with Gasteiger partial charge in [-0.3, -0.25) is 14.5 Å². The summed E-state index contributed by atoms with van der Waals surface area (Å²) in [6.07, 6.45) is 1.26. The van der Waals surface area contributed by atoms with E-state index in [0.29, 0.717) is 11.6 Å². The molecule has 1 atom stereocenters. The summed E-state index contributed by atoms with van der Waals surface area (Å²) in [5.41, 5.74) is 0.972. The zero-order valence-electron chi connectivity index (χ0n) is 14.7. The Morgan fingerprint density at radius 3 is 2.56 bits per heavy atom. The molecule has 1 aliphatic heterocycles. The van der Waals surface area contributed by atoms with E-state index in [0.717, 1.165) is 17.0 Å². The first-order valence-electron chi connectivity index (χ1n) is 8.13. The molecule has 0 aromatic carbocycles. The quantitative estimate of drug-likeness (QED) is 0.690. The number of nitrogens with zero attached hydrogens (tertiary/aromatic N) is 2. The Hall–Kier alpha value is -1.52. The number of hydrogen-bond donors (Lipinski definition) is 2. The largest absolute Gasteiger partial charge is 0.351 e. The molecule has 2 heterocycles. The van der Waals surface area contributed by atoms with Crippen molar-refractivity contribution in [3.63, 3.8) is 0 Å². The van der Waals surface area contributed by atoms with Crippen LogP contribution >= 0.6 is 11.3 Å². The van der Waals surface area contributed by atoms with Gasteiger partial charge in [0.2, 0.25) is 11.8 Å². The molecule has 1 aromatic heterocycles. The van der Waals surface area contributed by atoms with E-state index in [1.807, 2.05) is 13.8 Å². The maximum absolute atomic E-state index is 12.0. The molecule has 1 aromatic rings. The molecular weight excluding hydrogens is 364 g/mol. The Morgan fingerprint density at radius 2 is 2.00 bits per heavy atom. The molecule has 1 unspecified atom stereocenters. The lowest BCUT2D eigenvalue weighted by atomic mass is 10.2. The van der Waals surface area contributed by atoms with Gasteiger partial charge in [-0.05, 0) is 26.8 Å². The Kier molecular flexibility index (Phi) is 6.53. The zero-order valence-corrected chi connectivity index (χ0v) is 16.3. The molecule has 1 saturated heterocycles. The first-order valence-corrected chi connectivity index (χ1v) is 10.8. The summed E-state index contributed by atoms with van der Waals surface area (Å²) in [5.74, 6) is -0.416. The number of likely N-dealkylation sites (N-methyl/N-ethyl adjacent to an activating group) is 1. The number of aryl methyl sites for hydroxylation is 2. The average Bonchev–Trinajstić information content (AvgIpc) is 2.99. The van der Waals surface area contributed by atoms with E-state index < -0.39 is 9.84 Å². The molecule has 140 valence electrons. The van der Waals surface area contributed by atoms with Crippen LogP contribution in [0.5, 0.6) is 0 Å². The summed E-state index contributed by atoms with van der Waals surface area (Å²) in [6, 6.07) is -0.328. The van der Waals surface area contributed by atoms with Crippen molar-refractivity contribution >= 4 is 38.1 Å². The highest BCUT2D eigenvalue weighted by Crippen LogP contribution is 2.22. The fraction of sp³-hybridized carbons (Fsp3) is 0.667. The van der Waals surface area contributed by atoms with Crippen LogP contribution in [0.15, 0.2) is 0 Å². The topological polar surface area (TPSA) is 108 Å². The Bertz CT molecular complexity index is 745. The minimum absolute atomic E-state index is 0.00784. The van der Waals surface area contributed by atoms with Gasteiger partial charge >= 0.3 is 0 Å². The third-order valence-electron chi connectivity index (χ3n) is 3.90. The average molecular weight is 389 g/mol. The zero-order chi connectivity index (χ0) is 18.6. The summed E-state index contributed by atoms with van der Waals surface area (Å²) in [6.45, 7) is 4.05. The lowest BCUT2D eigenvalue weighted by Crippen LogP contribution is -2.43. The van der Waals surface area contributed by atoms with Crippen LogP contribution in [0.1, 0.15) is 23.9 Å². The van der Waals surface area contributed by atoms with Gasteiger partial charge in [-0.15, -0.1) is 11.3 Å². The lowest BCUT2D eigenvalue weighted by molar-refractivity contribution is -0.123. The fourth-order valence-electron chi connectivity index (χ4n) is 2.70. The van der Waals surface area contributed by atoms with E-state index >= 15 is 0 Å². The van der Waals surface area contributed by atoms with E-state index in [1.165, 1.54) is 11.3 Å². The third-order valence-corrected chi connectivity index (χ3v) is 6.59. The van der Waals surface area contributed by atoms with Crippen LogP contribution < -0.4 is 10.6 Å². The van der Waals surface area contributed by atoms with Gasteiger partial charge in [0.05, 0.1) is 30.3 Å². The second-order valence-electron chi connectivity index (χ2n) is 6.26. The predicted molar refractivity (Wildman–Crippen MR) is 97.6 cm³/mol. The SMILES string of the molecule is CCc1nc(NC(=O)CN(C)CC(=O)NC2CCS(=O)(=O)C2)sc1C. The molecule has 2 amide bonds. The number of rotatable bonds is 7. The Morgan fingerprint density at radius 1 is 1.32 bits per heavy atom. The van der Waals surface area contributed by atoms with Crippen molar-refractivity contribution in [2.75, 3.05) is 37.0 Å². The molecular formula is C15H24N4O4S2. The number of aromatic nitrogens is 1. The number of carbonyl (C=O) groups excluding carboxylic acids is 2. The molecule has 2 N–H and O–H groups in total. The Labute approximate surface area is 151 Å². The summed E-state index contributed by atoms with van der Waals surface area (Å²) in [5, 5.41) is 6.01. The van der Waals surface area contributed by atoms with Crippen LogP contribution in [0, 0.1) is 6.92 Å². The Balaban J connectivity index is 1.76. The highest BCUT2D eigenvalue weighted by atomic mass is 32.2. The number of nitrogens with one attached hydrogen (secondary N) is 2. The van der Waals surface area contributed by atoms with Crippen molar-refractivity contribution in [2.24, 2.45) is 0 Å². The molecule has 0 aliphatic carbocycles. The third kappa shape index (κ3) is 6.05. The van der Waals surface area contributed by atoms with Gasteiger partial charge in [0.1, 0.15) is 0 Å². The minimum Gasteiger partial charge on any atom is -0.351 e. The number of amides is 2. The second-order valence-corrected chi connectivity index (χ2v) is 9.70. The van der Waals surface area contributed by atoms with Crippen molar-refractivity contribution in [2.45, 2.75) is 32.7 Å². The van der Waals surface area contributed by atoms with Crippen molar-refractivity contribution in [3.05, 3.63) is 10.6 Å². The van der Waals surface area contributed by atoms with Gasteiger partial charge in [-0.25, -0.2) is 13.4 Å². The summed E-state index contributed by atoms with van der Waals surface area (Å²) < 4.78 is 22.8. The summed E-state index contributed by atoms with van der Waals surface area (Å²) in [4.78, 5) is 31.0. The number of carbonyl (C=O) groups is 2. The van der Waals surface area contributed by atoms with E-state index in [9.17, 15) is 18.0 Å². The molecule has 0 bridgehead atoms. The first kappa shape index (κ1) is 19.8. The van der Waals surface area contributed by atoms with E-state index in [-0.39, 0.29) is 42.5 Å². The van der Waals surface area contributed by atoms with Gasteiger partial charge in [-0.1, -0.05) is 6.92 Å². The molecule has 10 heteroatoms. The standard InChI is InChI=1S/C15H24N4O4S2/c1-4-12-10(2)24-15(17-12)18-14(21)8-19(3)7-13(20)16-11-5-6-25(22,23)9-11/h11H,4-9H2,1-3H3,(H,16,20)(H,17,18,21). The van der Waals surface area contributed by atoms with Gasteiger partial charge in [0, 0.05) is 10.9 Å². The lowest BCUT2D eigenvalue weighted by Gasteiger charge is -2.17. The molecule has 1 fully saturated rings. The number of sulfone groups is 1. The summed E-state index contributed by atoms with van der Waals surface area (Å²) >= 11 is 1.43. The van der Waals surface area contributed by atoms with E-state index in [4.69, 9.17) is 0 Å². The monoisotopic (exact) mass is 388 g/mol. The number of anilines is 1. The summed E-state index contributed by atoms with van der Waals surface area (Å²) in [7, 11) is -1.36. The normalized spacial score (nSPS) is 19.1. The molecule has 25 heavy (non-hydrogen) atoms. The molecule has 1 aliphatic rings. The fourth-order valence-corrected chi connectivity index (χ4v) is 5.29. The first-order chi connectivity index (χ1) is 11.7. The smallest absolute Gasteiger partial charge is 0.240 e. The van der Waals surface area contributed by atoms with Crippen molar-refractivity contribution < 1.29 is 18.0 Å². The van der Waals surface area contributed by atoms with Crippen LogP contribution in [0.3, 0.4) is 0 Å². The van der Waals surface area contributed by atoms with Gasteiger partial charge in [0.15, 0.2) is 15.0 Å². The van der Waals surface area contributed by atoms with E-state index in [2.05, 4.69) is 15.6 Å². The van der Waals surface area contributed by atoms with E-state index in [1.54, 1.807) is 11.9 Å². The van der Waals surface area contributed by atoms with Crippen molar-refractivity contribution in [1.29, 1.82) is 0 Å². The highest BCUT2D eigenvalue weighted by molar-refractivity contribution is 7.91. The molecule has 8 nitrogen and oxygen atoms in total. The maximum atomic E-state index is 12.0. The van der Waals surface area contributed by atoms with Crippen LogP contribution in [0.25, 0.3) is 0 Å². The molecule has 0 saturated carbocycles. The van der Waals surface area contributed by atoms with Crippen molar-refractivity contribution in [3.8, 4) is 0 Å². The highest BCUT2D eigenvalue weighted by Gasteiger charge is 2.29. The number of hydrogen-bond acceptors (Lipinski definition) is 7. The number of thiazole rings is 1. The van der Waals surface area contributed by atoms with Gasteiger partial charge < -0.3 is 10.6 Å². The maximum Gasteiger partial charge on any atom is 0.240 e. The predicted octanol–water partition coefficient (Wildman–Crippen LogP) is 0.188. The molecule has 0 spiro atoms. The van der Waals surface area contributed by atoms with Gasteiger partial charge in [0.25, 0.3) is 0 Å². The minimum atomic E-state index is -3.03. The van der Waals surface area contributed by atoms with Crippen molar-refractivity contribution in [1.82, 2.24) is 15.2 Å². The van der Waals surface area contributed by atoms with Crippen LogP contribution in [-0.2, 0) is 25.8 Å². The second kappa shape index (κ2) is 8.24. The van der Waals surface area contributed by atoms with Gasteiger partial charge in [-0.2, -0.15) is 0 Å².